The van der Waals surface area contributed by atoms with Crippen molar-refractivity contribution in [2.75, 3.05) is 0 Å². The highest BCUT2D eigenvalue weighted by atomic mass is 32.2. The number of allylic oxidation sites excluding steroid dienone is 1. The molecule has 4 nitrogen and oxygen atoms in total. The van der Waals surface area contributed by atoms with Gasteiger partial charge in [-0.15, -0.1) is 6.58 Å². The average molecular weight is 328 g/mol. The molecule has 0 unspecified atom stereocenters. The molecule has 2 rings (SSSR count). The number of hydrazone groups is 1. The summed E-state index contributed by atoms with van der Waals surface area (Å²) in [4.78, 5) is 2.53. The molecular weight excluding hydrogens is 308 g/mol. The second kappa shape index (κ2) is 7.74. The van der Waals surface area contributed by atoms with Gasteiger partial charge in [0.05, 0.1) is 10.6 Å². The summed E-state index contributed by atoms with van der Waals surface area (Å²) in [5, 5.41) is 4.13. The Kier molecular flexibility index (Phi) is 5.71. The summed E-state index contributed by atoms with van der Waals surface area (Å²) in [6.45, 7) is 5.60. The van der Waals surface area contributed by atoms with E-state index in [0.717, 1.165) is 17.5 Å². The van der Waals surface area contributed by atoms with E-state index in [1.54, 1.807) is 30.3 Å². The molecule has 0 aliphatic heterocycles. The molecule has 120 valence electrons. The molecule has 0 radical (unpaired) electrons. The van der Waals surface area contributed by atoms with Crippen LogP contribution in [-0.4, -0.2) is 14.1 Å². The van der Waals surface area contributed by atoms with E-state index in [0.29, 0.717) is 12.1 Å². The van der Waals surface area contributed by atoms with Crippen molar-refractivity contribution in [1.82, 2.24) is 4.83 Å². The lowest BCUT2D eigenvalue weighted by Gasteiger charge is -2.08. The number of rotatable bonds is 7. The van der Waals surface area contributed by atoms with E-state index in [1.807, 2.05) is 37.3 Å². The number of sulfonamides is 1. The fourth-order valence-electron chi connectivity index (χ4n) is 2.02. The van der Waals surface area contributed by atoms with Gasteiger partial charge in [-0.1, -0.05) is 54.1 Å². The van der Waals surface area contributed by atoms with Crippen LogP contribution in [0.5, 0.6) is 0 Å². The molecule has 0 atom stereocenters. The van der Waals surface area contributed by atoms with Crippen LogP contribution in [-0.2, 0) is 10.0 Å². The lowest BCUT2D eigenvalue weighted by atomic mass is 10.1. The van der Waals surface area contributed by atoms with Crippen molar-refractivity contribution in [3.63, 3.8) is 0 Å². The Hall–Kier alpha value is -2.40. The van der Waals surface area contributed by atoms with Crippen molar-refractivity contribution in [2.24, 2.45) is 5.10 Å². The summed E-state index contributed by atoms with van der Waals surface area (Å²) in [6, 6.07) is 16.2. The van der Waals surface area contributed by atoms with Crippen LogP contribution in [0, 0.1) is 6.92 Å². The first-order valence-corrected chi connectivity index (χ1v) is 8.82. The van der Waals surface area contributed by atoms with E-state index in [2.05, 4.69) is 16.5 Å². The van der Waals surface area contributed by atoms with Gasteiger partial charge in [0.1, 0.15) is 0 Å². The molecule has 5 heteroatoms. The molecule has 0 saturated carbocycles. The zero-order valence-electron chi connectivity index (χ0n) is 13.1. The normalized spacial score (nSPS) is 12.0. The number of nitrogens with zero attached hydrogens (tertiary/aromatic N) is 1. The Bertz CT molecular complexity index is 780. The van der Waals surface area contributed by atoms with Gasteiger partial charge in [-0.25, -0.2) is 0 Å². The fourth-order valence-corrected chi connectivity index (χ4v) is 2.85. The summed E-state index contributed by atoms with van der Waals surface area (Å²) in [5.74, 6) is 0. The number of hydrogen-bond donors (Lipinski definition) is 1. The van der Waals surface area contributed by atoms with E-state index in [9.17, 15) is 8.42 Å². The highest BCUT2D eigenvalue weighted by Gasteiger charge is 2.13. The molecule has 0 saturated heterocycles. The van der Waals surface area contributed by atoms with Gasteiger partial charge in [-0.2, -0.15) is 18.4 Å². The largest absolute Gasteiger partial charge is 0.276 e. The maximum absolute atomic E-state index is 12.3. The van der Waals surface area contributed by atoms with E-state index < -0.39 is 10.0 Å². The summed E-state index contributed by atoms with van der Waals surface area (Å²) >= 11 is 0. The van der Waals surface area contributed by atoms with Crippen LogP contribution >= 0.6 is 0 Å². The molecule has 0 aromatic heterocycles. The van der Waals surface area contributed by atoms with Gasteiger partial charge < -0.3 is 0 Å². The summed E-state index contributed by atoms with van der Waals surface area (Å²) in [5.41, 5.74) is 2.57. The minimum Gasteiger partial charge on any atom is -0.200 e. The molecule has 0 aliphatic carbocycles. The fraction of sp³-hybridized carbons (Fsp3) is 0.167. The molecule has 1 N–H and O–H groups in total. The molecule has 0 amide bonds. The van der Waals surface area contributed by atoms with Crippen molar-refractivity contribution in [3.8, 4) is 0 Å². The lowest BCUT2D eigenvalue weighted by Crippen LogP contribution is -2.20. The molecule has 0 spiro atoms. The van der Waals surface area contributed by atoms with E-state index in [4.69, 9.17) is 0 Å². The predicted molar refractivity (Wildman–Crippen MR) is 93.9 cm³/mol. The van der Waals surface area contributed by atoms with Crippen LogP contribution in [0.3, 0.4) is 0 Å². The molecule has 23 heavy (non-hydrogen) atoms. The van der Waals surface area contributed by atoms with E-state index in [1.165, 1.54) is 0 Å². The second-order valence-electron chi connectivity index (χ2n) is 5.16. The van der Waals surface area contributed by atoms with Crippen molar-refractivity contribution < 1.29 is 8.42 Å². The van der Waals surface area contributed by atoms with Crippen molar-refractivity contribution in [1.29, 1.82) is 0 Å². The van der Waals surface area contributed by atoms with Gasteiger partial charge in [0.15, 0.2) is 0 Å². The third-order valence-electron chi connectivity index (χ3n) is 3.32. The van der Waals surface area contributed by atoms with Gasteiger partial charge in [-0.3, -0.25) is 0 Å². The number of hydrogen-bond acceptors (Lipinski definition) is 3. The quantitative estimate of drug-likeness (QED) is 0.479. The summed E-state index contributed by atoms with van der Waals surface area (Å²) in [6.07, 6.45) is 3.12. The highest BCUT2D eigenvalue weighted by molar-refractivity contribution is 7.89. The third kappa shape index (κ3) is 4.79. The van der Waals surface area contributed by atoms with Gasteiger partial charge in [0.25, 0.3) is 10.0 Å². The average Bonchev–Trinajstić information content (AvgIpc) is 2.56. The monoisotopic (exact) mass is 328 g/mol. The Labute approximate surface area is 137 Å². The maximum Gasteiger partial charge on any atom is 0.276 e. The van der Waals surface area contributed by atoms with Crippen LogP contribution in [0.15, 0.2) is 77.2 Å². The predicted octanol–water partition coefficient (Wildman–Crippen LogP) is 3.64. The van der Waals surface area contributed by atoms with Crippen LogP contribution in [0.2, 0.25) is 0 Å². The second-order valence-corrected chi connectivity index (χ2v) is 6.82. The maximum atomic E-state index is 12.3. The molecule has 0 aliphatic rings. The van der Waals surface area contributed by atoms with Crippen molar-refractivity contribution >= 4 is 15.7 Å². The SMILES string of the molecule is C=CCC/C(=N\NS(=O)(=O)c1ccc(C)cc1)c1ccccc1. The molecule has 0 fully saturated rings. The van der Waals surface area contributed by atoms with Gasteiger partial charge in [0, 0.05) is 0 Å². The first-order chi connectivity index (χ1) is 11.0. The van der Waals surface area contributed by atoms with Crippen LogP contribution in [0.1, 0.15) is 24.0 Å². The highest BCUT2D eigenvalue weighted by Crippen LogP contribution is 2.11. The lowest BCUT2D eigenvalue weighted by molar-refractivity contribution is 0.584. The van der Waals surface area contributed by atoms with Crippen molar-refractivity contribution in [2.45, 2.75) is 24.7 Å². The van der Waals surface area contributed by atoms with Gasteiger partial charge in [0.2, 0.25) is 0 Å². The Balaban J connectivity index is 2.25. The van der Waals surface area contributed by atoms with Crippen molar-refractivity contribution in [3.05, 3.63) is 78.4 Å². The molecule has 0 bridgehead atoms. The van der Waals surface area contributed by atoms with Crippen LogP contribution in [0.4, 0.5) is 0 Å². The Morgan fingerprint density at radius 1 is 1.13 bits per heavy atom. The van der Waals surface area contributed by atoms with E-state index in [-0.39, 0.29) is 4.90 Å². The molecule has 0 heterocycles. The van der Waals surface area contributed by atoms with Crippen LogP contribution in [0.25, 0.3) is 0 Å². The molecular formula is C18H20N2O2S. The number of aryl methyl sites for hydroxylation is 1. The smallest absolute Gasteiger partial charge is 0.200 e. The first-order valence-electron chi connectivity index (χ1n) is 7.34. The van der Waals surface area contributed by atoms with Crippen LogP contribution < -0.4 is 4.83 Å². The number of nitrogens with one attached hydrogen (secondary N) is 1. The molecule has 2 aromatic carbocycles. The summed E-state index contributed by atoms with van der Waals surface area (Å²) < 4.78 is 24.6. The summed E-state index contributed by atoms with van der Waals surface area (Å²) in [7, 11) is -3.67. The zero-order chi connectivity index (χ0) is 16.7. The van der Waals surface area contributed by atoms with E-state index >= 15 is 0 Å². The minimum absolute atomic E-state index is 0.197. The zero-order valence-corrected chi connectivity index (χ0v) is 13.9. The standard InChI is InChI=1S/C18H20N2O2S/c1-3-4-10-18(16-8-6-5-7-9-16)19-20-23(21,22)17-13-11-15(2)12-14-17/h3,5-9,11-14,20H,1,4,10H2,2H3/b19-18+. The number of benzene rings is 2. The minimum atomic E-state index is -3.67. The van der Waals surface area contributed by atoms with Gasteiger partial charge >= 0.3 is 0 Å². The topological polar surface area (TPSA) is 58.5 Å². The Morgan fingerprint density at radius 2 is 1.78 bits per heavy atom. The van der Waals surface area contributed by atoms with Gasteiger partial charge in [-0.05, 0) is 37.5 Å². The third-order valence-corrected chi connectivity index (χ3v) is 4.55. The Morgan fingerprint density at radius 3 is 2.39 bits per heavy atom. The first kappa shape index (κ1) is 17.0. The molecule has 2 aromatic rings.